The van der Waals surface area contributed by atoms with Crippen LogP contribution in [0.2, 0.25) is 0 Å². The first-order valence-corrected chi connectivity index (χ1v) is 7.93. The van der Waals surface area contributed by atoms with Crippen molar-refractivity contribution in [3.05, 3.63) is 45.9 Å². The summed E-state index contributed by atoms with van der Waals surface area (Å²) >= 11 is 1.54. The predicted molar refractivity (Wildman–Crippen MR) is 86.6 cm³/mol. The van der Waals surface area contributed by atoms with Gasteiger partial charge in [0.1, 0.15) is 5.69 Å². The van der Waals surface area contributed by atoms with Gasteiger partial charge in [0.25, 0.3) is 5.91 Å². The van der Waals surface area contributed by atoms with Crippen LogP contribution in [0.4, 0.5) is 0 Å². The number of esters is 1. The number of aryl methyl sites for hydroxylation is 1. The number of carbonyl (C=O) groups is 3. The van der Waals surface area contributed by atoms with Crippen LogP contribution in [-0.2, 0) is 16.6 Å². The third-order valence-corrected chi connectivity index (χ3v) is 4.36. The lowest BCUT2D eigenvalue weighted by Crippen LogP contribution is -2.31. The van der Waals surface area contributed by atoms with Gasteiger partial charge >= 0.3 is 5.97 Å². The highest BCUT2D eigenvalue weighted by Gasteiger charge is 2.17. The van der Waals surface area contributed by atoms with Crippen LogP contribution in [0, 0.1) is 0 Å². The Morgan fingerprint density at radius 1 is 1.39 bits per heavy atom. The molecule has 0 saturated heterocycles. The lowest BCUT2D eigenvalue weighted by atomic mass is 10.2. The summed E-state index contributed by atoms with van der Waals surface area (Å²) in [6, 6.07) is 5.15. The maximum absolute atomic E-state index is 12.0. The van der Waals surface area contributed by atoms with Crippen LogP contribution in [0.25, 0.3) is 0 Å². The molecule has 0 aliphatic carbocycles. The fourth-order valence-electron chi connectivity index (χ4n) is 2.06. The Labute approximate surface area is 138 Å². The number of Topliss-reactive ketones (excluding diaryl/α,β-unsaturated/α-hetero) is 1. The zero-order valence-electron chi connectivity index (χ0n) is 13.2. The van der Waals surface area contributed by atoms with Gasteiger partial charge in [-0.15, -0.1) is 11.3 Å². The Morgan fingerprint density at radius 3 is 2.70 bits per heavy atom. The quantitative estimate of drug-likeness (QED) is 0.650. The maximum atomic E-state index is 12.0. The van der Waals surface area contributed by atoms with Crippen LogP contribution >= 0.6 is 11.3 Å². The second-order valence-electron chi connectivity index (χ2n) is 5.16. The number of amides is 1. The highest BCUT2D eigenvalue weighted by Crippen LogP contribution is 2.17. The van der Waals surface area contributed by atoms with Gasteiger partial charge in [-0.3, -0.25) is 9.59 Å². The zero-order valence-corrected chi connectivity index (χ0v) is 14.0. The lowest BCUT2D eigenvalue weighted by Gasteiger charge is -2.12. The first-order valence-electron chi connectivity index (χ1n) is 7.05. The standard InChI is InChI=1S/C16H18N2O4S/c1-10(14-5-4-6-23-14)17-15(20)9-22-16(21)13-7-12(11(2)19)8-18(13)3/h4-8,10H,9H2,1-3H3,(H,17,20)/t10-/m0/s1. The molecule has 2 heterocycles. The molecule has 7 heteroatoms. The molecule has 0 radical (unpaired) electrons. The van der Waals surface area contributed by atoms with Crippen molar-refractivity contribution in [2.75, 3.05) is 6.61 Å². The number of rotatable bonds is 6. The van der Waals surface area contributed by atoms with Crippen molar-refractivity contribution in [1.82, 2.24) is 9.88 Å². The fraction of sp³-hybridized carbons (Fsp3) is 0.312. The Balaban J connectivity index is 1.89. The molecular weight excluding hydrogens is 316 g/mol. The van der Waals surface area contributed by atoms with Gasteiger partial charge in [0, 0.05) is 23.7 Å². The molecular formula is C16H18N2O4S. The molecule has 0 saturated carbocycles. The van der Waals surface area contributed by atoms with Crippen LogP contribution in [0.5, 0.6) is 0 Å². The molecule has 0 aromatic carbocycles. The summed E-state index contributed by atoms with van der Waals surface area (Å²) in [5, 5.41) is 4.69. The first kappa shape index (κ1) is 17.0. The van der Waals surface area contributed by atoms with Gasteiger partial charge in [0.15, 0.2) is 12.4 Å². The van der Waals surface area contributed by atoms with Crippen LogP contribution < -0.4 is 5.32 Å². The number of nitrogens with zero attached hydrogens (tertiary/aromatic N) is 1. The second kappa shape index (κ2) is 7.23. The Bertz CT molecular complexity index is 719. The van der Waals surface area contributed by atoms with Crippen LogP contribution in [0.15, 0.2) is 29.8 Å². The molecule has 2 rings (SSSR count). The second-order valence-corrected chi connectivity index (χ2v) is 6.14. The largest absolute Gasteiger partial charge is 0.451 e. The minimum Gasteiger partial charge on any atom is -0.451 e. The number of ketones is 1. The molecule has 0 spiro atoms. The predicted octanol–water partition coefficient (Wildman–Crippen LogP) is 2.32. The molecule has 0 aliphatic rings. The average Bonchev–Trinajstić information content (AvgIpc) is 3.14. The van der Waals surface area contributed by atoms with Crippen molar-refractivity contribution >= 4 is 29.0 Å². The van der Waals surface area contributed by atoms with Crippen molar-refractivity contribution in [3.8, 4) is 0 Å². The normalized spacial score (nSPS) is 11.8. The molecule has 2 aromatic rings. The smallest absolute Gasteiger partial charge is 0.355 e. The summed E-state index contributed by atoms with van der Waals surface area (Å²) in [7, 11) is 1.64. The molecule has 1 amide bonds. The average molecular weight is 334 g/mol. The van der Waals surface area contributed by atoms with E-state index in [9.17, 15) is 14.4 Å². The Hall–Kier alpha value is -2.41. The summed E-state index contributed by atoms with van der Waals surface area (Å²) in [5.41, 5.74) is 0.657. The van der Waals surface area contributed by atoms with E-state index in [0.29, 0.717) is 5.56 Å². The third-order valence-electron chi connectivity index (χ3n) is 3.30. The van der Waals surface area contributed by atoms with Gasteiger partial charge in [-0.05, 0) is 31.4 Å². The van der Waals surface area contributed by atoms with Crippen molar-refractivity contribution in [2.24, 2.45) is 7.05 Å². The molecule has 0 fully saturated rings. The number of hydrogen-bond acceptors (Lipinski definition) is 5. The fourth-order valence-corrected chi connectivity index (χ4v) is 2.79. The number of hydrogen-bond donors (Lipinski definition) is 1. The number of ether oxygens (including phenoxy) is 1. The van der Waals surface area contributed by atoms with Gasteiger partial charge in [0.05, 0.1) is 6.04 Å². The Morgan fingerprint density at radius 2 is 2.13 bits per heavy atom. The van der Waals surface area contributed by atoms with E-state index in [4.69, 9.17) is 4.74 Å². The lowest BCUT2D eigenvalue weighted by molar-refractivity contribution is -0.124. The van der Waals surface area contributed by atoms with E-state index in [-0.39, 0.29) is 30.0 Å². The summed E-state index contributed by atoms with van der Waals surface area (Å²) in [6.45, 7) is 2.92. The van der Waals surface area contributed by atoms with Crippen molar-refractivity contribution in [3.63, 3.8) is 0 Å². The topological polar surface area (TPSA) is 77.4 Å². The van der Waals surface area contributed by atoms with E-state index in [1.165, 1.54) is 17.6 Å². The molecule has 0 aliphatic heterocycles. The van der Waals surface area contributed by atoms with Crippen LogP contribution in [0.1, 0.15) is 45.6 Å². The highest BCUT2D eigenvalue weighted by atomic mass is 32.1. The van der Waals surface area contributed by atoms with E-state index in [1.54, 1.807) is 24.6 Å². The molecule has 0 bridgehead atoms. The van der Waals surface area contributed by atoms with E-state index in [2.05, 4.69) is 5.32 Å². The summed E-state index contributed by atoms with van der Waals surface area (Å²) < 4.78 is 6.51. The number of aromatic nitrogens is 1. The third kappa shape index (κ3) is 4.29. The van der Waals surface area contributed by atoms with Crippen LogP contribution in [-0.4, -0.2) is 28.8 Å². The SMILES string of the molecule is CC(=O)c1cc(C(=O)OCC(=O)N[C@@H](C)c2cccs2)n(C)c1. The van der Waals surface area contributed by atoms with Crippen molar-refractivity contribution in [1.29, 1.82) is 0 Å². The summed E-state index contributed by atoms with van der Waals surface area (Å²) in [6.07, 6.45) is 1.55. The minimum atomic E-state index is -0.640. The van der Waals surface area contributed by atoms with Gasteiger partial charge in [0.2, 0.25) is 0 Å². The van der Waals surface area contributed by atoms with Crippen LogP contribution in [0.3, 0.4) is 0 Å². The highest BCUT2D eigenvalue weighted by molar-refractivity contribution is 7.10. The number of nitrogens with one attached hydrogen (secondary N) is 1. The van der Waals surface area contributed by atoms with E-state index in [0.717, 1.165) is 4.88 Å². The molecule has 6 nitrogen and oxygen atoms in total. The number of carbonyl (C=O) groups excluding carboxylic acids is 3. The molecule has 1 atom stereocenters. The van der Waals surface area contributed by atoms with Crippen molar-refractivity contribution in [2.45, 2.75) is 19.9 Å². The van der Waals surface area contributed by atoms with E-state index in [1.807, 2.05) is 24.4 Å². The number of thiophene rings is 1. The van der Waals surface area contributed by atoms with Gasteiger partial charge in [-0.1, -0.05) is 6.07 Å². The van der Waals surface area contributed by atoms with Gasteiger partial charge in [-0.25, -0.2) is 4.79 Å². The first-order chi connectivity index (χ1) is 10.9. The zero-order chi connectivity index (χ0) is 17.0. The molecule has 0 unspecified atom stereocenters. The van der Waals surface area contributed by atoms with Gasteiger partial charge in [-0.2, -0.15) is 0 Å². The van der Waals surface area contributed by atoms with Crippen molar-refractivity contribution < 1.29 is 19.1 Å². The molecule has 23 heavy (non-hydrogen) atoms. The Kier molecular flexibility index (Phi) is 5.33. The molecule has 2 aromatic heterocycles. The molecule has 122 valence electrons. The maximum Gasteiger partial charge on any atom is 0.355 e. The molecule has 1 N–H and O–H groups in total. The minimum absolute atomic E-state index is 0.137. The van der Waals surface area contributed by atoms with E-state index >= 15 is 0 Å². The van der Waals surface area contributed by atoms with E-state index < -0.39 is 5.97 Å². The summed E-state index contributed by atoms with van der Waals surface area (Å²) in [5.74, 6) is -1.15. The summed E-state index contributed by atoms with van der Waals surface area (Å²) in [4.78, 5) is 36.2. The van der Waals surface area contributed by atoms with Gasteiger partial charge < -0.3 is 14.6 Å². The monoisotopic (exact) mass is 334 g/mol.